The SMILES string of the molecule is COc1ccc(C(CCc2c3[n+](cc4c(OC)c(OC)ccc24)CCc2cc4c(cc2-3)OCO4)c2ccc(OC)cc2)cc1. The predicted octanol–water partition coefficient (Wildman–Crippen LogP) is 6.88. The summed E-state index contributed by atoms with van der Waals surface area (Å²) in [7, 11) is 6.79. The van der Waals surface area contributed by atoms with E-state index in [2.05, 4.69) is 53.2 Å². The Hall–Kier alpha value is -4.91. The third-order valence-corrected chi connectivity index (χ3v) is 8.96. The van der Waals surface area contributed by atoms with Crippen molar-refractivity contribution in [2.45, 2.75) is 31.7 Å². The minimum absolute atomic E-state index is 0.155. The fraction of sp³-hybridized carbons (Fsp3) is 0.270. The zero-order chi connectivity index (χ0) is 30.2. The third kappa shape index (κ3) is 4.82. The number of hydrogen-bond donors (Lipinski definition) is 0. The summed E-state index contributed by atoms with van der Waals surface area (Å²) in [6, 6.07) is 25.3. The van der Waals surface area contributed by atoms with Crippen LogP contribution in [-0.2, 0) is 19.4 Å². The number of ether oxygens (including phenoxy) is 6. The maximum Gasteiger partial charge on any atom is 0.231 e. The molecule has 0 atom stereocenters. The van der Waals surface area contributed by atoms with E-state index < -0.39 is 0 Å². The van der Waals surface area contributed by atoms with Crippen molar-refractivity contribution in [1.82, 2.24) is 0 Å². The van der Waals surface area contributed by atoms with E-state index in [9.17, 15) is 0 Å². The lowest BCUT2D eigenvalue weighted by Crippen LogP contribution is -2.41. The number of rotatable bonds is 9. The Morgan fingerprint density at radius 1 is 0.727 bits per heavy atom. The summed E-state index contributed by atoms with van der Waals surface area (Å²) in [6.45, 7) is 1.11. The van der Waals surface area contributed by atoms with E-state index in [0.717, 1.165) is 71.1 Å². The molecule has 5 aromatic rings. The molecule has 4 aromatic carbocycles. The van der Waals surface area contributed by atoms with Crippen LogP contribution in [0, 0.1) is 0 Å². The molecule has 0 N–H and O–H groups in total. The van der Waals surface area contributed by atoms with Gasteiger partial charge in [-0.15, -0.1) is 0 Å². The molecule has 1 aromatic heterocycles. The zero-order valence-electron chi connectivity index (χ0n) is 25.5. The van der Waals surface area contributed by atoms with E-state index in [1.165, 1.54) is 33.5 Å². The monoisotopic (exact) mass is 590 g/mol. The summed E-state index contributed by atoms with van der Waals surface area (Å²) >= 11 is 0. The smallest absolute Gasteiger partial charge is 0.231 e. The highest BCUT2D eigenvalue weighted by Gasteiger charge is 2.33. The highest BCUT2D eigenvalue weighted by molar-refractivity contribution is 5.95. The van der Waals surface area contributed by atoms with E-state index >= 15 is 0 Å². The number of fused-ring (bicyclic) bond motifs is 5. The van der Waals surface area contributed by atoms with Gasteiger partial charge in [0.05, 0.1) is 39.4 Å². The molecule has 0 unspecified atom stereocenters. The van der Waals surface area contributed by atoms with Gasteiger partial charge in [0.25, 0.3) is 0 Å². The molecule has 0 aliphatic carbocycles. The molecule has 224 valence electrons. The van der Waals surface area contributed by atoms with Crippen LogP contribution in [0.5, 0.6) is 34.5 Å². The van der Waals surface area contributed by atoms with E-state index in [4.69, 9.17) is 28.4 Å². The molecule has 0 bridgehead atoms. The van der Waals surface area contributed by atoms with Crippen molar-refractivity contribution in [3.63, 3.8) is 0 Å². The van der Waals surface area contributed by atoms with Crippen LogP contribution < -0.4 is 33.0 Å². The number of aromatic nitrogens is 1. The molecule has 7 nitrogen and oxygen atoms in total. The van der Waals surface area contributed by atoms with Gasteiger partial charge in [-0.2, -0.15) is 4.57 Å². The summed E-state index contributed by atoms with van der Waals surface area (Å²) in [4.78, 5) is 0. The number of benzene rings is 4. The highest BCUT2D eigenvalue weighted by atomic mass is 16.7. The topological polar surface area (TPSA) is 59.3 Å². The Morgan fingerprint density at radius 3 is 2.00 bits per heavy atom. The van der Waals surface area contributed by atoms with E-state index in [0.29, 0.717) is 0 Å². The van der Waals surface area contributed by atoms with E-state index in [-0.39, 0.29) is 12.7 Å². The molecule has 3 heterocycles. The molecule has 44 heavy (non-hydrogen) atoms. The first-order chi connectivity index (χ1) is 21.6. The van der Waals surface area contributed by atoms with Crippen molar-refractivity contribution in [3.8, 4) is 45.8 Å². The van der Waals surface area contributed by atoms with Crippen molar-refractivity contribution in [2.75, 3.05) is 35.2 Å². The lowest BCUT2D eigenvalue weighted by Gasteiger charge is -2.23. The van der Waals surface area contributed by atoms with Crippen LogP contribution in [0.1, 0.15) is 34.6 Å². The zero-order valence-corrected chi connectivity index (χ0v) is 25.5. The van der Waals surface area contributed by atoms with Gasteiger partial charge >= 0.3 is 0 Å². The lowest BCUT2D eigenvalue weighted by atomic mass is 9.83. The minimum atomic E-state index is 0.155. The molecule has 7 heteroatoms. The van der Waals surface area contributed by atoms with Gasteiger partial charge in [-0.05, 0) is 78.1 Å². The average Bonchev–Trinajstić information content (AvgIpc) is 3.54. The summed E-state index contributed by atoms with van der Waals surface area (Å²) in [5.41, 5.74) is 7.43. The molecule has 2 aliphatic heterocycles. The normalized spacial score (nSPS) is 13.0. The number of aryl methyl sites for hydroxylation is 3. The Kier molecular flexibility index (Phi) is 7.38. The van der Waals surface area contributed by atoms with Crippen LogP contribution in [0.4, 0.5) is 0 Å². The average molecular weight is 591 g/mol. The van der Waals surface area contributed by atoms with Crippen LogP contribution in [0.25, 0.3) is 22.0 Å². The largest absolute Gasteiger partial charge is 0.497 e. The Labute approximate surface area is 257 Å². The first kappa shape index (κ1) is 27.9. The maximum absolute atomic E-state index is 5.93. The molecule has 0 spiro atoms. The fourth-order valence-corrected chi connectivity index (χ4v) is 6.75. The highest BCUT2D eigenvalue weighted by Crippen LogP contribution is 2.44. The Balaban J connectivity index is 1.39. The quantitative estimate of drug-likeness (QED) is 0.175. The van der Waals surface area contributed by atoms with Gasteiger partial charge in [-0.3, -0.25) is 0 Å². The maximum atomic E-state index is 5.93. The number of methoxy groups -OCH3 is 4. The molecule has 0 saturated heterocycles. The van der Waals surface area contributed by atoms with E-state index in [1.807, 2.05) is 30.3 Å². The van der Waals surface area contributed by atoms with Crippen LogP contribution in [0.2, 0.25) is 0 Å². The van der Waals surface area contributed by atoms with Crippen molar-refractivity contribution in [2.24, 2.45) is 0 Å². The van der Waals surface area contributed by atoms with Crippen molar-refractivity contribution in [1.29, 1.82) is 0 Å². The van der Waals surface area contributed by atoms with Crippen molar-refractivity contribution >= 4 is 10.8 Å². The van der Waals surface area contributed by atoms with Crippen molar-refractivity contribution in [3.05, 3.63) is 101 Å². The summed E-state index contributed by atoms with van der Waals surface area (Å²) < 4.78 is 36.5. The second kappa shape index (κ2) is 11.6. The third-order valence-electron chi connectivity index (χ3n) is 8.96. The number of pyridine rings is 1. The summed E-state index contributed by atoms with van der Waals surface area (Å²) in [6.07, 6.45) is 4.84. The first-order valence-electron chi connectivity index (χ1n) is 14.9. The van der Waals surface area contributed by atoms with Gasteiger partial charge in [-0.25, -0.2) is 0 Å². The van der Waals surface area contributed by atoms with Gasteiger partial charge in [0.2, 0.25) is 12.5 Å². The van der Waals surface area contributed by atoms with Crippen LogP contribution in [0.15, 0.2) is 79.0 Å². The molecular formula is C37H36NO6+. The minimum Gasteiger partial charge on any atom is -0.497 e. The molecule has 0 fully saturated rings. The second-order valence-corrected chi connectivity index (χ2v) is 11.2. The molecule has 0 saturated carbocycles. The Morgan fingerprint density at radius 2 is 1.39 bits per heavy atom. The molecular weight excluding hydrogens is 554 g/mol. The van der Waals surface area contributed by atoms with E-state index in [1.54, 1.807) is 28.4 Å². The molecule has 2 aliphatic rings. The van der Waals surface area contributed by atoms with Gasteiger partial charge in [-0.1, -0.05) is 24.3 Å². The van der Waals surface area contributed by atoms with Gasteiger partial charge < -0.3 is 28.4 Å². The molecule has 7 rings (SSSR count). The molecule has 0 radical (unpaired) electrons. The first-order valence-corrected chi connectivity index (χ1v) is 14.9. The summed E-state index contributed by atoms with van der Waals surface area (Å²) in [5, 5.41) is 2.20. The Bertz CT molecular complexity index is 1780. The predicted molar refractivity (Wildman–Crippen MR) is 169 cm³/mol. The fourth-order valence-electron chi connectivity index (χ4n) is 6.75. The standard InChI is InChI=1S/C37H36NO6/c1-39-26-9-5-23(6-10-26)28(24-7-11-27(40-2)12-8-24)13-14-30-29-15-16-33(41-3)37(42-4)32(29)21-38-18-17-25-19-34-35(44-22-43-34)20-31(25)36(30)38/h5-12,15-16,19-21,28H,13-14,17-18,22H2,1-4H3/q+1. The van der Waals surface area contributed by atoms with Gasteiger partial charge in [0.15, 0.2) is 35.7 Å². The van der Waals surface area contributed by atoms with Gasteiger partial charge in [0, 0.05) is 23.3 Å². The summed E-state index contributed by atoms with van der Waals surface area (Å²) in [5.74, 6) is 4.94. The lowest BCUT2D eigenvalue weighted by molar-refractivity contribution is -0.686. The van der Waals surface area contributed by atoms with Crippen molar-refractivity contribution < 1.29 is 33.0 Å². The van der Waals surface area contributed by atoms with Crippen LogP contribution >= 0.6 is 0 Å². The molecule has 0 amide bonds. The second-order valence-electron chi connectivity index (χ2n) is 11.2. The van der Waals surface area contributed by atoms with Crippen LogP contribution in [0.3, 0.4) is 0 Å². The van der Waals surface area contributed by atoms with Crippen LogP contribution in [-0.4, -0.2) is 35.2 Å². The number of hydrogen-bond acceptors (Lipinski definition) is 6. The van der Waals surface area contributed by atoms with Gasteiger partial charge in [0.1, 0.15) is 11.5 Å². The number of nitrogens with zero attached hydrogens (tertiary/aromatic N) is 1.